The van der Waals surface area contributed by atoms with E-state index in [1.807, 2.05) is 18.2 Å². The number of likely N-dealkylation sites (tertiary alicyclic amines) is 1. The minimum absolute atomic E-state index is 0.0543. The Balaban J connectivity index is 1.92. The summed E-state index contributed by atoms with van der Waals surface area (Å²) in [5.41, 5.74) is 1.09. The molecular formula is C25H27NO6. The van der Waals surface area contributed by atoms with Crippen molar-refractivity contribution in [3.8, 4) is 17.2 Å². The number of hydrogen-bond acceptors (Lipinski definition) is 6. The number of ether oxygens (including phenoxy) is 3. The van der Waals surface area contributed by atoms with Gasteiger partial charge in [0.1, 0.15) is 11.5 Å². The van der Waals surface area contributed by atoms with E-state index in [4.69, 9.17) is 14.2 Å². The topological polar surface area (TPSA) is 85.3 Å². The molecule has 1 atom stereocenters. The number of hydrogen-bond donors (Lipinski definition) is 1. The fourth-order valence-electron chi connectivity index (χ4n) is 4.75. The minimum Gasteiger partial charge on any atom is -0.507 e. The van der Waals surface area contributed by atoms with Gasteiger partial charge in [-0.05, 0) is 37.1 Å². The molecule has 2 fully saturated rings. The Bertz CT molecular complexity index is 1070. The Kier molecular flexibility index (Phi) is 6.08. The maximum atomic E-state index is 13.2. The van der Waals surface area contributed by atoms with E-state index in [2.05, 4.69) is 0 Å². The zero-order valence-electron chi connectivity index (χ0n) is 18.5. The second kappa shape index (κ2) is 8.94. The molecule has 32 heavy (non-hydrogen) atoms. The second-order valence-electron chi connectivity index (χ2n) is 7.96. The Labute approximate surface area is 187 Å². The van der Waals surface area contributed by atoms with Crippen LogP contribution in [0.3, 0.4) is 0 Å². The van der Waals surface area contributed by atoms with E-state index in [0.717, 1.165) is 25.7 Å². The lowest BCUT2D eigenvalue weighted by Gasteiger charge is -2.31. The van der Waals surface area contributed by atoms with Gasteiger partial charge in [0.25, 0.3) is 11.7 Å². The molecule has 1 amide bonds. The van der Waals surface area contributed by atoms with Gasteiger partial charge in [0, 0.05) is 17.2 Å². The molecule has 0 bridgehead atoms. The first-order valence-corrected chi connectivity index (χ1v) is 10.7. The molecule has 1 aliphatic heterocycles. The van der Waals surface area contributed by atoms with Crippen LogP contribution in [0.2, 0.25) is 0 Å². The number of aliphatic hydroxyl groups excluding tert-OH is 1. The minimum atomic E-state index is -0.734. The lowest BCUT2D eigenvalue weighted by molar-refractivity contribution is -0.141. The Morgan fingerprint density at radius 2 is 1.56 bits per heavy atom. The van der Waals surface area contributed by atoms with Gasteiger partial charge in [-0.15, -0.1) is 0 Å². The maximum absolute atomic E-state index is 13.2. The average molecular weight is 437 g/mol. The van der Waals surface area contributed by atoms with Crippen LogP contribution in [0, 0.1) is 0 Å². The van der Waals surface area contributed by atoms with Gasteiger partial charge in [-0.25, -0.2) is 0 Å². The molecule has 1 aliphatic carbocycles. The number of para-hydroxylation sites is 1. The Morgan fingerprint density at radius 3 is 2.22 bits per heavy atom. The van der Waals surface area contributed by atoms with Crippen molar-refractivity contribution in [1.82, 2.24) is 4.90 Å². The van der Waals surface area contributed by atoms with Crippen LogP contribution in [0.5, 0.6) is 17.2 Å². The summed E-state index contributed by atoms with van der Waals surface area (Å²) >= 11 is 0. The third-order valence-corrected chi connectivity index (χ3v) is 6.29. The molecule has 1 N–H and O–H groups in total. The lowest BCUT2D eigenvalue weighted by atomic mass is 9.94. The van der Waals surface area contributed by atoms with Gasteiger partial charge in [-0.2, -0.15) is 0 Å². The number of carbonyl (C=O) groups is 2. The van der Waals surface area contributed by atoms with Crippen LogP contribution >= 0.6 is 0 Å². The van der Waals surface area contributed by atoms with Gasteiger partial charge in [0.2, 0.25) is 0 Å². The number of nitrogens with zero attached hydrogens (tertiary/aromatic N) is 1. The van der Waals surface area contributed by atoms with Crippen LogP contribution in [0.4, 0.5) is 0 Å². The third kappa shape index (κ3) is 3.57. The quantitative estimate of drug-likeness (QED) is 0.417. The maximum Gasteiger partial charge on any atom is 0.295 e. The molecule has 0 spiro atoms. The molecule has 1 saturated carbocycles. The predicted molar refractivity (Wildman–Crippen MR) is 119 cm³/mol. The zero-order valence-corrected chi connectivity index (χ0v) is 18.5. The largest absolute Gasteiger partial charge is 0.507 e. The van der Waals surface area contributed by atoms with Crippen molar-refractivity contribution in [2.75, 3.05) is 21.3 Å². The summed E-state index contributed by atoms with van der Waals surface area (Å²) in [4.78, 5) is 28.1. The standard InChI is InChI=1S/C25H27NO6/c1-30-18-11-7-6-10-17(18)22-21(24(28)25(29)26(22)16-8-4-5-9-16)23(27)15-12-13-19(31-2)20(14-15)32-3/h6-7,10-14,16,22,27H,4-5,8-9H2,1-3H3/b23-21+. The highest BCUT2D eigenvalue weighted by Crippen LogP contribution is 2.46. The smallest absolute Gasteiger partial charge is 0.295 e. The number of amides is 1. The van der Waals surface area contributed by atoms with Gasteiger partial charge in [-0.1, -0.05) is 31.0 Å². The summed E-state index contributed by atoms with van der Waals surface area (Å²) < 4.78 is 16.2. The van der Waals surface area contributed by atoms with Crippen molar-refractivity contribution < 1.29 is 28.9 Å². The van der Waals surface area contributed by atoms with Gasteiger partial charge < -0.3 is 24.2 Å². The van der Waals surface area contributed by atoms with Crippen LogP contribution in [0.25, 0.3) is 5.76 Å². The van der Waals surface area contributed by atoms with E-state index in [-0.39, 0.29) is 17.4 Å². The summed E-state index contributed by atoms with van der Waals surface area (Å²) in [6.07, 6.45) is 3.66. The molecule has 2 aromatic carbocycles. The molecule has 0 radical (unpaired) electrons. The number of rotatable bonds is 6. The highest BCUT2D eigenvalue weighted by molar-refractivity contribution is 6.46. The summed E-state index contributed by atoms with van der Waals surface area (Å²) in [5.74, 6) is -0.0663. The van der Waals surface area contributed by atoms with Gasteiger partial charge in [0.15, 0.2) is 11.5 Å². The van der Waals surface area contributed by atoms with Crippen molar-refractivity contribution in [2.45, 2.75) is 37.8 Å². The highest BCUT2D eigenvalue weighted by Gasteiger charge is 2.50. The Morgan fingerprint density at radius 1 is 0.906 bits per heavy atom. The molecule has 4 rings (SSSR count). The molecule has 0 aromatic heterocycles. The van der Waals surface area contributed by atoms with E-state index in [0.29, 0.717) is 28.4 Å². The van der Waals surface area contributed by atoms with E-state index >= 15 is 0 Å². The van der Waals surface area contributed by atoms with Gasteiger partial charge >= 0.3 is 0 Å². The first kappa shape index (κ1) is 21.7. The van der Waals surface area contributed by atoms with Gasteiger partial charge in [-0.3, -0.25) is 9.59 Å². The van der Waals surface area contributed by atoms with Crippen molar-refractivity contribution in [3.63, 3.8) is 0 Å². The number of carbonyl (C=O) groups excluding carboxylic acids is 2. The average Bonchev–Trinajstić information content (AvgIpc) is 3.44. The Hall–Kier alpha value is -3.48. The first-order valence-electron chi connectivity index (χ1n) is 10.7. The third-order valence-electron chi connectivity index (χ3n) is 6.29. The van der Waals surface area contributed by atoms with Crippen LogP contribution in [-0.2, 0) is 9.59 Å². The van der Waals surface area contributed by atoms with E-state index in [1.54, 1.807) is 36.3 Å². The zero-order chi connectivity index (χ0) is 22.8. The molecule has 7 nitrogen and oxygen atoms in total. The van der Waals surface area contributed by atoms with Crippen molar-refractivity contribution in [3.05, 3.63) is 59.2 Å². The monoisotopic (exact) mass is 437 g/mol. The molecule has 1 heterocycles. The SMILES string of the molecule is COc1ccc(/C(O)=C2\C(=O)C(=O)N(C3CCCC3)C2c2ccccc2OC)cc1OC. The number of benzene rings is 2. The fourth-order valence-corrected chi connectivity index (χ4v) is 4.75. The van der Waals surface area contributed by atoms with Crippen molar-refractivity contribution in [1.29, 1.82) is 0 Å². The van der Waals surface area contributed by atoms with Crippen LogP contribution in [0.15, 0.2) is 48.0 Å². The summed E-state index contributed by atoms with van der Waals surface area (Å²) in [5, 5.41) is 11.3. The molecule has 2 aliphatic rings. The number of ketones is 1. The molecule has 168 valence electrons. The fraction of sp³-hybridized carbons (Fsp3) is 0.360. The van der Waals surface area contributed by atoms with Crippen LogP contribution < -0.4 is 14.2 Å². The van der Waals surface area contributed by atoms with E-state index < -0.39 is 17.7 Å². The molecule has 1 saturated heterocycles. The highest BCUT2D eigenvalue weighted by atomic mass is 16.5. The van der Waals surface area contributed by atoms with Gasteiger partial charge in [0.05, 0.1) is 32.9 Å². The lowest BCUT2D eigenvalue weighted by Crippen LogP contribution is -2.37. The molecule has 7 heteroatoms. The van der Waals surface area contributed by atoms with Crippen LogP contribution in [0.1, 0.15) is 42.9 Å². The summed E-state index contributed by atoms with van der Waals surface area (Å²) in [7, 11) is 4.57. The van der Waals surface area contributed by atoms with E-state index in [9.17, 15) is 14.7 Å². The molecular weight excluding hydrogens is 410 g/mol. The molecule has 2 aromatic rings. The van der Waals surface area contributed by atoms with E-state index in [1.165, 1.54) is 14.2 Å². The number of Topliss-reactive ketones (excluding diaryl/α,β-unsaturated/α-hetero) is 1. The second-order valence-corrected chi connectivity index (χ2v) is 7.96. The summed E-state index contributed by atoms with van der Waals surface area (Å²) in [6, 6.07) is 11.4. The van der Waals surface area contributed by atoms with Crippen LogP contribution in [-0.4, -0.2) is 49.1 Å². The number of methoxy groups -OCH3 is 3. The number of aliphatic hydroxyl groups is 1. The van der Waals surface area contributed by atoms with Crippen molar-refractivity contribution >= 4 is 17.4 Å². The van der Waals surface area contributed by atoms with Crippen molar-refractivity contribution in [2.24, 2.45) is 0 Å². The molecule has 1 unspecified atom stereocenters. The summed E-state index contributed by atoms with van der Waals surface area (Å²) in [6.45, 7) is 0. The first-order chi connectivity index (χ1) is 15.5. The predicted octanol–water partition coefficient (Wildman–Crippen LogP) is 4.08. The normalized spacial score (nSPS) is 20.6.